The van der Waals surface area contributed by atoms with E-state index in [-0.39, 0.29) is 5.91 Å². The number of likely N-dealkylation sites (N-methyl/N-ethyl adjacent to an activating group) is 1. The van der Waals surface area contributed by atoms with E-state index in [4.69, 9.17) is 4.74 Å². The summed E-state index contributed by atoms with van der Waals surface area (Å²) in [6.07, 6.45) is 1.06. The molecule has 4 heteroatoms. The van der Waals surface area contributed by atoms with Gasteiger partial charge in [-0.1, -0.05) is 26.0 Å². The first-order chi connectivity index (χ1) is 9.71. The molecule has 1 aromatic rings. The van der Waals surface area contributed by atoms with Crippen molar-refractivity contribution in [3.05, 3.63) is 29.8 Å². The molecule has 1 aliphatic rings. The molecule has 1 aliphatic heterocycles. The van der Waals surface area contributed by atoms with Crippen LogP contribution in [0.1, 0.15) is 30.6 Å². The minimum atomic E-state index is 0.0807. The van der Waals surface area contributed by atoms with Crippen LogP contribution in [0, 0.1) is 0 Å². The molecule has 0 bridgehead atoms. The molecule has 0 aliphatic carbocycles. The Bertz CT molecular complexity index is 458. The number of methoxy groups -OCH3 is 1. The van der Waals surface area contributed by atoms with Gasteiger partial charge in [-0.15, -0.1) is 0 Å². The van der Waals surface area contributed by atoms with Crippen molar-refractivity contribution >= 4 is 5.91 Å². The van der Waals surface area contributed by atoms with Gasteiger partial charge in [-0.05, 0) is 31.6 Å². The van der Waals surface area contributed by atoms with Crippen molar-refractivity contribution in [2.24, 2.45) is 0 Å². The Morgan fingerprint density at radius 2 is 2.05 bits per heavy atom. The van der Waals surface area contributed by atoms with E-state index < -0.39 is 0 Å². The molecule has 4 nitrogen and oxygen atoms in total. The molecule has 1 amide bonds. The van der Waals surface area contributed by atoms with Gasteiger partial charge in [0, 0.05) is 19.1 Å². The van der Waals surface area contributed by atoms with Crippen LogP contribution >= 0.6 is 0 Å². The Morgan fingerprint density at radius 1 is 1.35 bits per heavy atom. The number of likely N-dealkylation sites (tertiary alicyclic amines) is 1. The number of amides is 1. The number of nitrogens with zero attached hydrogens (tertiary/aromatic N) is 2. The summed E-state index contributed by atoms with van der Waals surface area (Å²) in [4.78, 5) is 17.0. The average Bonchev–Trinajstić information content (AvgIpc) is 2.97. The van der Waals surface area contributed by atoms with E-state index >= 15 is 0 Å². The topological polar surface area (TPSA) is 32.8 Å². The monoisotopic (exact) mass is 276 g/mol. The standard InChI is InChI=1S/C16H24N2O2/c1-4-17(5-2)13-10-11-18(12-13)16(19)14-8-6-7-9-15(14)20-3/h6-9,13H,4-5,10-12H2,1-3H3. The van der Waals surface area contributed by atoms with Gasteiger partial charge in [0.1, 0.15) is 5.75 Å². The highest BCUT2D eigenvalue weighted by Gasteiger charge is 2.30. The zero-order valence-electron chi connectivity index (χ0n) is 12.6. The molecule has 1 atom stereocenters. The summed E-state index contributed by atoms with van der Waals surface area (Å²) in [7, 11) is 1.61. The molecule has 0 aromatic heterocycles. The summed E-state index contributed by atoms with van der Waals surface area (Å²) >= 11 is 0. The highest BCUT2D eigenvalue weighted by atomic mass is 16.5. The van der Waals surface area contributed by atoms with Crippen molar-refractivity contribution in [2.45, 2.75) is 26.3 Å². The molecule has 1 heterocycles. The van der Waals surface area contributed by atoms with Crippen molar-refractivity contribution in [1.82, 2.24) is 9.80 Å². The number of rotatable bonds is 5. The largest absolute Gasteiger partial charge is 0.496 e. The SMILES string of the molecule is CCN(CC)C1CCN(C(=O)c2ccccc2OC)C1. The lowest BCUT2D eigenvalue weighted by Crippen LogP contribution is -2.38. The lowest BCUT2D eigenvalue weighted by atomic mass is 10.2. The Morgan fingerprint density at radius 3 is 2.70 bits per heavy atom. The number of carbonyl (C=O) groups excluding carboxylic acids is 1. The Labute approximate surface area is 121 Å². The maximum absolute atomic E-state index is 12.6. The van der Waals surface area contributed by atoms with Crippen LogP contribution in [-0.2, 0) is 0 Å². The number of hydrogen-bond acceptors (Lipinski definition) is 3. The number of carbonyl (C=O) groups is 1. The van der Waals surface area contributed by atoms with Crippen molar-refractivity contribution in [3.8, 4) is 5.75 Å². The lowest BCUT2D eigenvalue weighted by Gasteiger charge is -2.26. The van der Waals surface area contributed by atoms with Gasteiger partial charge in [0.05, 0.1) is 12.7 Å². The van der Waals surface area contributed by atoms with Crippen LogP contribution in [0.5, 0.6) is 5.75 Å². The molecule has 1 saturated heterocycles. The van der Waals surface area contributed by atoms with Crippen molar-refractivity contribution in [3.63, 3.8) is 0 Å². The van der Waals surface area contributed by atoms with E-state index in [1.807, 2.05) is 29.2 Å². The Balaban J connectivity index is 2.08. The number of ether oxygens (including phenoxy) is 1. The fraction of sp³-hybridized carbons (Fsp3) is 0.562. The van der Waals surface area contributed by atoms with Crippen molar-refractivity contribution in [2.75, 3.05) is 33.3 Å². The molecule has 0 N–H and O–H groups in total. The van der Waals surface area contributed by atoms with Gasteiger partial charge in [-0.25, -0.2) is 0 Å². The summed E-state index contributed by atoms with van der Waals surface area (Å²) in [5.41, 5.74) is 0.662. The summed E-state index contributed by atoms with van der Waals surface area (Å²) in [6, 6.07) is 7.94. The van der Waals surface area contributed by atoms with Gasteiger partial charge in [-0.3, -0.25) is 9.69 Å². The van der Waals surface area contributed by atoms with E-state index in [0.29, 0.717) is 17.4 Å². The third kappa shape index (κ3) is 2.96. The quantitative estimate of drug-likeness (QED) is 0.827. The molecule has 0 saturated carbocycles. The Hall–Kier alpha value is -1.55. The van der Waals surface area contributed by atoms with E-state index in [1.165, 1.54) is 0 Å². The molecular weight excluding hydrogens is 252 g/mol. The highest BCUT2D eigenvalue weighted by Crippen LogP contribution is 2.23. The first-order valence-electron chi connectivity index (χ1n) is 7.37. The second-order valence-corrected chi connectivity index (χ2v) is 5.12. The zero-order chi connectivity index (χ0) is 14.5. The minimum Gasteiger partial charge on any atom is -0.496 e. The summed E-state index contributed by atoms with van der Waals surface area (Å²) in [5.74, 6) is 0.737. The maximum Gasteiger partial charge on any atom is 0.257 e. The fourth-order valence-corrected chi connectivity index (χ4v) is 2.96. The number of para-hydroxylation sites is 1. The van der Waals surface area contributed by atoms with Gasteiger partial charge in [0.2, 0.25) is 0 Å². The predicted molar refractivity (Wildman–Crippen MR) is 80.2 cm³/mol. The molecule has 1 aromatic carbocycles. The van der Waals surface area contributed by atoms with Crippen molar-refractivity contribution < 1.29 is 9.53 Å². The normalized spacial score (nSPS) is 18.6. The molecule has 110 valence electrons. The molecular formula is C16H24N2O2. The average molecular weight is 276 g/mol. The van der Waals surface area contributed by atoms with Crippen LogP contribution < -0.4 is 4.74 Å². The van der Waals surface area contributed by atoms with E-state index in [9.17, 15) is 4.79 Å². The third-order valence-electron chi connectivity index (χ3n) is 4.12. The molecule has 1 unspecified atom stereocenters. The third-order valence-corrected chi connectivity index (χ3v) is 4.12. The zero-order valence-corrected chi connectivity index (χ0v) is 12.6. The van der Waals surface area contributed by atoms with E-state index in [1.54, 1.807) is 7.11 Å². The van der Waals surface area contributed by atoms with Gasteiger partial charge < -0.3 is 9.64 Å². The van der Waals surface area contributed by atoms with Crippen LogP contribution in [0.15, 0.2) is 24.3 Å². The lowest BCUT2D eigenvalue weighted by molar-refractivity contribution is 0.0774. The molecule has 1 fully saturated rings. The summed E-state index contributed by atoms with van der Waals surface area (Å²) in [6.45, 7) is 8.08. The summed E-state index contributed by atoms with van der Waals surface area (Å²) < 4.78 is 5.28. The molecule has 2 rings (SSSR count). The first kappa shape index (κ1) is 14.9. The van der Waals surface area contributed by atoms with Crippen LogP contribution in [0.3, 0.4) is 0 Å². The van der Waals surface area contributed by atoms with Gasteiger partial charge in [-0.2, -0.15) is 0 Å². The number of hydrogen-bond donors (Lipinski definition) is 0. The van der Waals surface area contributed by atoms with E-state index in [0.717, 1.165) is 32.6 Å². The van der Waals surface area contributed by atoms with Crippen molar-refractivity contribution in [1.29, 1.82) is 0 Å². The maximum atomic E-state index is 12.6. The highest BCUT2D eigenvalue weighted by molar-refractivity contribution is 5.97. The minimum absolute atomic E-state index is 0.0807. The van der Waals surface area contributed by atoms with Crippen LogP contribution in [0.25, 0.3) is 0 Å². The number of benzene rings is 1. The van der Waals surface area contributed by atoms with E-state index in [2.05, 4.69) is 18.7 Å². The van der Waals surface area contributed by atoms with Crippen LogP contribution in [0.4, 0.5) is 0 Å². The molecule has 20 heavy (non-hydrogen) atoms. The van der Waals surface area contributed by atoms with Gasteiger partial charge >= 0.3 is 0 Å². The van der Waals surface area contributed by atoms with Crippen LogP contribution in [0.2, 0.25) is 0 Å². The predicted octanol–water partition coefficient (Wildman–Crippen LogP) is 2.25. The first-order valence-corrected chi connectivity index (χ1v) is 7.37. The summed E-state index contributed by atoms with van der Waals surface area (Å²) in [5, 5.41) is 0. The Kier molecular flexibility index (Phi) is 5.01. The fourth-order valence-electron chi connectivity index (χ4n) is 2.96. The second-order valence-electron chi connectivity index (χ2n) is 5.12. The van der Waals surface area contributed by atoms with Gasteiger partial charge in [0.15, 0.2) is 0 Å². The molecule has 0 radical (unpaired) electrons. The van der Waals surface area contributed by atoms with Crippen LogP contribution in [-0.4, -0.2) is 55.0 Å². The van der Waals surface area contributed by atoms with Gasteiger partial charge in [0.25, 0.3) is 5.91 Å². The smallest absolute Gasteiger partial charge is 0.257 e. The second kappa shape index (κ2) is 6.75. The molecule has 0 spiro atoms.